The summed E-state index contributed by atoms with van der Waals surface area (Å²) < 4.78 is 20.4. The van der Waals surface area contributed by atoms with Gasteiger partial charge in [0.05, 0.1) is 6.61 Å². The number of ether oxygens (including phenoxy) is 1. The van der Waals surface area contributed by atoms with Crippen LogP contribution >= 0.6 is 11.6 Å². The lowest BCUT2D eigenvalue weighted by atomic mass is 10.2. The van der Waals surface area contributed by atoms with Crippen LogP contribution in [0.4, 0.5) is 0 Å². The quantitative estimate of drug-likeness (QED) is 0.586. The van der Waals surface area contributed by atoms with E-state index in [1.165, 1.54) is 16.8 Å². The number of nitrogens with zero attached hydrogens (tertiary/aromatic N) is 1. The zero-order valence-electron chi connectivity index (χ0n) is 20.4. The molecule has 1 N–H and O–H groups in total. The summed E-state index contributed by atoms with van der Waals surface area (Å²) in [7, 11) is -4.25. The van der Waals surface area contributed by atoms with Gasteiger partial charge in [-0.05, 0) is 36.3 Å². The van der Waals surface area contributed by atoms with Crippen molar-refractivity contribution in [3.05, 3.63) is 38.1 Å². The SMILES string of the molecule is CC(C)(C)[Si](C)(C)OC[C@H]1OC(n2ccc(=O)[nH]c2=O)=C(Cl)[C@@H]1O[Si](C)(C)C(C)(C)C. The summed E-state index contributed by atoms with van der Waals surface area (Å²) in [5, 5.41) is 0.312. The van der Waals surface area contributed by atoms with Gasteiger partial charge in [-0.15, -0.1) is 0 Å². The van der Waals surface area contributed by atoms with Crippen molar-refractivity contribution >= 4 is 34.1 Å². The monoisotopic (exact) mass is 488 g/mol. The average Bonchev–Trinajstić information content (AvgIpc) is 2.87. The van der Waals surface area contributed by atoms with E-state index in [2.05, 4.69) is 72.7 Å². The lowest BCUT2D eigenvalue weighted by Crippen LogP contribution is -2.49. The van der Waals surface area contributed by atoms with Gasteiger partial charge >= 0.3 is 5.69 Å². The van der Waals surface area contributed by atoms with Gasteiger partial charge in [-0.25, -0.2) is 9.36 Å². The highest BCUT2D eigenvalue weighted by atomic mass is 35.5. The predicted octanol–water partition coefficient (Wildman–Crippen LogP) is 4.71. The fourth-order valence-corrected chi connectivity index (χ4v) is 5.21. The van der Waals surface area contributed by atoms with Crippen LogP contribution in [0.15, 0.2) is 26.9 Å². The second kappa shape index (κ2) is 8.66. The normalized spacial score (nSPS) is 20.9. The molecule has 0 fully saturated rings. The molecular formula is C21H37ClN2O5Si2. The number of hydrogen-bond donors (Lipinski definition) is 1. The maximum Gasteiger partial charge on any atom is 0.335 e. The Bertz CT molecular complexity index is 954. The van der Waals surface area contributed by atoms with Gasteiger partial charge in [0, 0.05) is 12.3 Å². The Kier molecular flexibility index (Phi) is 7.30. The standard InChI is InChI=1S/C21H37ClN2O5Si2/c1-20(2,3)30(7,8)27-13-14-17(29-31(9,10)21(4,5)6)16(22)18(28-14)24-12-11-15(25)23-19(24)26/h11-12,14,17H,13H2,1-10H3,(H,23,25,26)/t14-,17-/m1/s1. The second-order valence-corrected chi connectivity index (χ2v) is 21.1. The summed E-state index contributed by atoms with van der Waals surface area (Å²) in [5.74, 6) is 0.176. The molecule has 0 saturated heterocycles. The van der Waals surface area contributed by atoms with E-state index in [1.54, 1.807) is 0 Å². The second-order valence-electron chi connectivity index (χ2n) is 11.2. The van der Waals surface area contributed by atoms with E-state index in [4.69, 9.17) is 25.2 Å². The zero-order chi connectivity index (χ0) is 24.0. The number of rotatable bonds is 6. The third-order valence-electron chi connectivity index (χ3n) is 6.74. The van der Waals surface area contributed by atoms with Crippen molar-refractivity contribution in [2.75, 3.05) is 6.61 Å². The van der Waals surface area contributed by atoms with E-state index in [0.717, 1.165) is 0 Å². The summed E-state index contributed by atoms with van der Waals surface area (Å²) in [4.78, 5) is 26.1. The molecular weight excluding hydrogens is 452 g/mol. The molecule has 7 nitrogen and oxygen atoms in total. The molecule has 176 valence electrons. The third kappa shape index (κ3) is 5.62. The molecule has 0 radical (unpaired) electrons. The van der Waals surface area contributed by atoms with Gasteiger partial charge in [0.25, 0.3) is 5.56 Å². The van der Waals surface area contributed by atoms with Crippen LogP contribution in [0.5, 0.6) is 0 Å². The number of hydrogen-bond acceptors (Lipinski definition) is 5. The number of halogens is 1. The Morgan fingerprint density at radius 1 is 1.06 bits per heavy atom. The maximum absolute atomic E-state index is 12.4. The van der Waals surface area contributed by atoms with Crippen LogP contribution < -0.4 is 11.2 Å². The molecule has 0 aliphatic carbocycles. The first kappa shape index (κ1) is 26.1. The van der Waals surface area contributed by atoms with Gasteiger partial charge in [0.15, 0.2) is 22.7 Å². The number of H-pyrrole nitrogens is 1. The van der Waals surface area contributed by atoms with Crippen molar-refractivity contribution in [3.8, 4) is 0 Å². The van der Waals surface area contributed by atoms with Crippen molar-refractivity contribution in [2.24, 2.45) is 0 Å². The average molecular weight is 489 g/mol. The Morgan fingerprint density at radius 2 is 1.61 bits per heavy atom. The molecule has 0 saturated carbocycles. The fraction of sp³-hybridized carbons (Fsp3) is 0.714. The molecule has 0 unspecified atom stereocenters. The van der Waals surface area contributed by atoms with Gasteiger partial charge in [0.2, 0.25) is 5.88 Å². The van der Waals surface area contributed by atoms with E-state index >= 15 is 0 Å². The van der Waals surface area contributed by atoms with Gasteiger partial charge in [-0.3, -0.25) is 9.78 Å². The summed E-state index contributed by atoms with van der Waals surface area (Å²) in [6.45, 7) is 21.9. The molecule has 0 bridgehead atoms. The van der Waals surface area contributed by atoms with Crippen molar-refractivity contribution in [1.29, 1.82) is 0 Å². The Balaban J connectivity index is 2.43. The summed E-state index contributed by atoms with van der Waals surface area (Å²) in [5.41, 5.74) is -1.10. The van der Waals surface area contributed by atoms with E-state index < -0.39 is 40.1 Å². The highest BCUT2D eigenvalue weighted by Crippen LogP contribution is 2.43. The number of aromatic amines is 1. The highest BCUT2D eigenvalue weighted by Gasteiger charge is 2.47. The molecule has 0 spiro atoms. The largest absolute Gasteiger partial charge is 0.469 e. The van der Waals surface area contributed by atoms with Crippen molar-refractivity contribution in [1.82, 2.24) is 9.55 Å². The number of nitrogens with one attached hydrogen (secondary N) is 1. The van der Waals surface area contributed by atoms with Crippen molar-refractivity contribution < 1.29 is 13.6 Å². The van der Waals surface area contributed by atoms with Crippen LogP contribution in [0.25, 0.3) is 5.88 Å². The zero-order valence-corrected chi connectivity index (χ0v) is 23.1. The molecule has 1 aliphatic rings. The molecule has 2 atom stereocenters. The molecule has 2 rings (SSSR count). The molecule has 31 heavy (non-hydrogen) atoms. The van der Waals surface area contributed by atoms with Crippen molar-refractivity contribution in [2.45, 2.75) is 90.0 Å². The lowest BCUT2D eigenvalue weighted by Gasteiger charge is -2.40. The molecule has 1 aromatic rings. The van der Waals surface area contributed by atoms with E-state index in [1.807, 2.05) is 0 Å². The van der Waals surface area contributed by atoms with E-state index in [0.29, 0.717) is 11.6 Å². The van der Waals surface area contributed by atoms with Gasteiger partial charge in [0.1, 0.15) is 11.1 Å². The summed E-state index contributed by atoms with van der Waals surface area (Å²) in [6.07, 6.45) is 0.310. The van der Waals surface area contributed by atoms with Crippen LogP contribution in [0.2, 0.25) is 36.3 Å². The molecule has 1 aliphatic heterocycles. The van der Waals surface area contributed by atoms with Crippen LogP contribution in [0, 0.1) is 0 Å². The topological polar surface area (TPSA) is 82.5 Å². The predicted molar refractivity (Wildman–Crippen MR) is 130 cm³/mol. The van der Waals surface area contributed by atoms with E-state index in [-0.39, 0.29) is 16.0 Å². The minimum absolute atomic E-state index is 0.0351. The number of aromatic nitrogens is 2. The first-order valence-electron chi connectivity index (χ1n) is 10.6. The van der Waals surface area contributed by atoms with E-state index in [9.17, 15) is 9.59 Å². The summed E-state index contributed by atoms with van der Waals surface area (Å²) in [6, 6.07) is 1.26. The Labute approximate surface area is 192 Å². The smallest absolute Gasteiger partial charge is 0.335 e. The van der Waals surface area contributed by atoms with Crippen LogP contribution in [0.1, 0.15) is 41.5 Å². The highest BCUT2D eigenvalue weighted by molar-refractivity contribution is 6.74. The molecule has 0 amide bonds. The lowest BCUT2D eigenvalue weighted by molar-refractivity contribution is 0.0330. The maximum atomic E-state index is 12.4. The molecule has 10 heteroatoms. The Morgan fingerprint density at radius 3 is 2.10 bits per heavy atom. The fourth-order valence-electron chi connectivity index (χ4n) is 2.55. The van der Waals surface area contributed by atoms with Gasteiger partial charge in [-0.2, -0.15) is 0 Å². The van der Waals surface area contributed by atoms with Crippen LogP contribution in [-0.4, -0.2) is 45.0 Å². The van der Waals surface area contributed by atoms with Crippen LogP contribution in [-0.2, 0) is 13.6 Å². The van der Waals surface area contributed by atoms with Crippen LogP contribution in [0.3, 0.4) is 0 Å². The first-order chi connectivity index (χ1) is 13.9. The molecule has 0 aromatic carbocycles. The molecule has 1 aromatic heterocycles. The minimum Gasteiger partial charge on any atom is -0.469 e. The van der Waals surface area contributed by atoms with Crippen molar-refractivity contribution in [3.63, 3.8) is 0 Å². The minimum atomic E-state index is -2.21. The summed E-state index contributed by atoms with van der Waals surface area (Å²) >= 11 is 6.74. The third-order valence-corrected chi connectivity index (χ3v) is 16.1. The first-order valence-corrected chi connectivity index (χ1v) is 16.8. The Hall–Kier alpha value is -1.14. The van der Waals surface area contributed by atoms with Gasteiger partial charge < -0.3 is 13.6 Å². The van der Waals surface area contributed by atoms with Gasteiger partial charge in [-0.1, -0.05) is 53.1 Å². The molecule has 2 heterocycles.